The van der Waals surface area contributed by atoms with Crippen molar-refractivity contribution in [1.82, 2.24) is 0 Å². The number of carbonyl (C=O) groups is 1. The molecule has 0 aliphatic carbocycles. The molecule has 3 aromatic rings. The van der Waals surface area contributed by atoms with E-state index in [1.165, 1.54) is 0 Å². The van der Waals surface area contributed by atoms with Crippen molar-refractivity contribution >= 4 is 33.2 Å². The summed E-state index contributed by atoms with van der Waals surface area (Å²) in [5, 5.41) is 6.27. The van der Waals surface area contributed by atoms with Crippen LogP contribution in [0, 0.1) is 13.8 Å². The van der Waals surface area contributed by atoms with E-state index in [0.29, 0.717) is 12.3 Å². The van der Waals surface area contributed by atoms with Crippen molar-refractivity contribution in [2.75, 3.05) is 17.2 Å². The van der Waals surface area contributed by atoms with Crippen molar-refractivity contribution in [3.63, 3.8) is 0 Å². The van der Waals surface area contributed by atoms with E-state index in [1.807, 2.05) is 80.6 Å². The fourth-order valence-corrected chi connectivity index (χ4v) is 3.29. The Bertz CT molecular complexity index is 958. The van der Waals surface area contributed by atoms with Gasteiger partial charge in [-0.3, -0.25) is 4.79 Å². The summed E-state index contributed by atoms with van der Waals surface area (Å²) in [7, 11) is 0. The molecule has 28 heavy (non-hydrogen) atoms. The number of hydrogen-bond acceptors (Lipinski definition) is 3. The fourth-order valence-electron chi connectivity index (χ4n) is 2.75. The number of nitrogens with one attached hydrogen (secondary N) is 2. The van der Waals surface area contributed by atoms with Crippen LogP contribution in [-0.2, 0) is 11.3 Å². The number of benzene rings is 3. The number of ether oxygens (including phenoxy) is 1. The average Bonchev–Trinajstić information content (AvgIpc) is 2.70. The summed E-state index contributed by atoms with van der Waals surface area (Å²) in [6.07, 6.45) is 0. The van der Waals surface area contributed by atoms with Crippen LogP contribution >= 0.6 is 15.9 Å². The number of halogens is 1. The SMILES string of the molecule is Cc1cccc(NC(=O)COc2ccc(CNc3ccccc3)cc2Br)c1C. The van der Waals surface area contributed by atoms with E-state index in [4.69, 9.17) is 4.74 Å². The Morgan fingerprint density at radius 1 is 1.00 bits per heavy atom. The Balaban J connectivity index is 1.54. The third-order valence-corrected chi connectivity index (χ3v) is 5.12. The molecule has 0 fully saturated rings. The van der Waals surface area contributed by atoms with Crippen LogP contribution in [0.5, 0.6) is 5.75 Å². The normalized spacial score (nSPS) is 10.4. The Labute approximate surface area is 174 Å². The summed E-state index contributed by atoms with van der Waals surface area (Å²) in [6.45, 7) is 4.67. The minimum absolute atomic E-state index is 0.0480. The monoisotopic (exact) mass is 438 g/mol. The average molecular weight is 439 g/mol. The van der Waals surface area contributed by atoms with Crippen LogP contribution in [0.2, 0.25) is 0 Å². The summed E-state index contributed by atoms with van der Waals surface area (Å²) in [4.78, 5) is 12.2. The van der Waals surface area contributed by atoms with Gasteiger partial charge in [-0.15, -0.1) is 0 Å². The van der Waals surface area contributed by atoms with Crippen LogP contribution in [-0.4, -0.2) is 12.5 Å². The molecule has 4 nitrogen and oxygen atoms in total. The molecule has 3 rings (SSSR count). The maximum absolute atomic E-state index is 12.2. The molecular formula is C23H23BrN2O2. The summed E-state index contributed by atoms with van der Waals surface area (Å²) >= 11 is 3.53. The zero-order valence-corrected chi connectivity index (χ0v) is 17.5. The second-order valence-corrected chi connectivity index (χ2v) is 7.42. The molecule has 0 saturated carbocycles. The predicted octanol–water partition coefficient (Wildman–Crippen LogP) is 5.70. The van der Waals surface area contributed by atoms with Gasteiger partial charge in [0.2, 0.25) is 0 Å². The smallest absolute Gasteiger partial charge is 0.262 e. The van der Waals surface area contributed by atoms with Crippen molar-refractivity contribution in [2.45, 2.75) is 20.4 Å². The standard InChI is InChI=1S/C23H23BrN2O2/c1-16-7-6-10-21(17(16)2)26-23(27)15-28-22-12-11-18(13-20(22)24)14-25-19-8-4-3-5-9-19/h3-13,25H,14-15H2,1-2H3,(H,26,27). The van der Waals surface area contributed by atoms with Gasteiger partial charge >= 0.3 is 0 Å². The lowest BCUT2D eigenvalue weighted by Crippen LogP contribution is -2.21. The highest BCUT2D eigenvalue weighted by atomic mass is 79.9. The van der Waals surface area contributed by atoms with Gasteiger partial charge in [0.15, 0.2) is 6.61 Å². The number of amides is 1. The molecule has 0 heterocycles. The first-order chi connectivity index (χ1) is 13.5. The quantitative estimate of drug-likeness (QED) is 0.497. The minimum Gasteiger partial charge on any atom is -0.483 e. The number of rotatable bonds is 7. The maximum atomic E-state index is 12.2. The topological polar surface area (TPSA) is 50.4 Å². The molecular weight excluding hydrogens is 416 g/mol. The lowest BCUT2D eigenvalue weighted by molar-refractivity contribution is -0.118. The second-order valence-electron chi connectivity index (χ2n) is 6.57. The highest BCUT2D eigenvalue weighted by Crippen LogP contribution is 2.26. The van der Waals surface area contributed by atoms with Crippen molar-refractivity contribution in [2.24, 2.45) is 0 Å². The highest BCUT2D eigenvalue weighted by molar-refractivity contribution is 9.10. The number of carbonyl (C=O) groups excluding carboxylic acids is 1. The van der Waals surface area contributed by atoms with Gasteiger partial charge in [-0.1, -0.05) is 36.4 Å². The number of para-hydroxylation sites is 1. The van der Waals surface area contributed by atoms with Gasteiger partial charge < -0.3 is 15.4 Å². The fraction of sp³-hybridized carbons (Fsp3) is 0.174. The van der Waals surface area contributed by atoms with Gasteiger partial charge in [0, 0.05) is 17.9 Å². The van der Waals surface area contributed by atoms with Crippen molar-refractivity contribution < 1.29 is 9.53 Å². The first-order valence-electron chi connectivity index (χ1n) is 9.09. The molecule has 2 N–H and O–H groups in total. The van der Waals surface area contributed by atoms with Gasteiger partial charge in [-0.25, -0.2) is 0 Å². The molecule has 0 saturated heterocycles. The Morgan fingerprint density at radius 2 is 1.79 bits per heavy atom. The van der Waals surface area contributed by atoms with Crippen LogP contribution in [0.1, 0.15) is 16.7 Å². The van der Waals surface area contributed by atoms with Crippen molar-refractivity contribution in [3.05, 3.63) is 87.9 Å². The Hall–Kier alpha value is -2.79. The van der Waals surface area contributed by atoms with Crippen LogP contribution in [0.3, 0.4) is 0 Å². The zero-order chi connectivity index (χ0) is 19.9. The number of aryl methyl sites for hydroxylation is 1. The third-order valence-electron chi connectivity index (χ3n) is 4.50. The molecule has 0 radical (unpaired) electrons. The van der Waals surface area contributed by atoms with E-state index in [1.54, 1.807) is 0 Å². The van der Waals surface area contributed by atoms with Crippen LogP contribution in [0.25, 0.3) is 0 Å². The van der Waals surface area contributed by atoms with E-state index in [0.717, 1.165) is 32.5 Å². The third kappa shape index (κ3) is 5.36. The van der Waals surface area contributed by atoms with Crippen LogP contribution in [0.15, 0.2) is 71.2 Å². The van der Waals surface area contributed by atoms with Crippen LogP contribution in [0.4, 0.5) is 11.4 Å². The lowest BCUT2D eigenvalue weighted by atomic mass is 10.1. The molecule has 0 aliphatic rings. The zero-order valence-electron chi connectivity index (χ0n) is 16.0. The highest BCUT2D eigenvalue weighted by Gasteiger charge is 2.09. The molecule has 3 aromatic carbocycles. The maximum Gasteiger partial charge on any atom is 0.262 e. The van der Waals surface area contributed by atoms with Gasteiger partial charge in [-0.05, 0) is 76.8 Å². The predicted molar refractivity (Wildman–Crippen MR) is 118 cm³/mol. The van der Waals surface area contributed by atoms with Gasteiger partial charge in [0.1, 0.15) is 5.75 Å². The van der Waals surface area contributed by atoms with Crippen molar-refractivity contribution in [1.29, 1.82) is 0 Å². The summed E-state index contributed by atoms with van der Waals surface area (Å²) < 4.78 is 6.50. The van der Waals surface area contributed by atoms with Gasteiger partial charge in [-0.2, -0.15) is 0 Å². The first-order valence-corrected chi connectivity index (χ1v) is 9.88. The van der Waals surface area contributed by atoms with Crippen LogP contribution < -0.4 is 15.4 Å². The summed E-state index contributed by atoms with van der Waals surface area (Å²) in [5.41, 5.74) is 5.20. The summed E-state index contributed by atoms with van der Waals surface area (Å²) in [6, 6.07) is 21.7. The number of hydrogen-bond donors (Lipinski definition) is 2. The summed E-state index contributed by atoms with van der Waals surface area (Å²) in [5.74, 6) is 0.454. The second kappa shape index (κ2) is 9.42. The van der Waals surface area contributed by atoms with E-state index >= 15 is 0 Å². The molecule has 0 atom stereocenters. The van der Waals surface area contributed by atoms with Gasteiger partial charge in [0.25, 0.3) is 5.91 Å². The van der Waals surface area contributed by atoms with E-state index in [9.17, 15) is 4.79 Å². The molecule has 0 aliphatic heterocycles. The molecule has 0 unspecified atom stereocenters. The molecule has 144 valence electrons. The minimum atomic E-state index is -0.185. The Morgan fingerprint density at radius 3 is 2.54 bits per heavy atom. The molecule has 0 aromatic heterocycles. The largest absolute Gasteiger partial charge is 0.483 e. The molecule has 0 bridgehead atoms. The molecule has 0 spiro atoms. The van der Waals surface area contributed by atoms with Crippen molar-refractivity contribution in [3.8, 4) is 5.75 Å². The Kier molecular flexibility index (Phi) is 6.71. The van der Waals surface area contributed by atoms with E-state index in [2.05, 4.69) is 26.6 Å². The van der Waals surface area contributed by atoms with E-state index in [-0.39, 0.29) is 12.5 Å². The number of anilines is 2. The molecule has 5 heteroatoms. The van der Waals surface area contributed by atoms with E-state index < -0.39 is 0 Å². The van der Waals surface area contributed by atoms with Gasteiger partial charge in [0.05, 0.1) is 4.47 Å². The molecule has 1 amide bonds. The lowest BCUT2D eigenvalue weighted by Gasteiger charge is -2.13. The first kappa shape index (κ1) is 20.0.